The van der Waals surface area contributed by atoms with Crippen LogP contribution in [0.1, 0.15) is 46.5 Å². The largest absolute Gasteiger partial charge is 0.401 e. The van der Waals surface area contributed by atoms with Crippen LogP contribution in [-0.2, 0) is 0 Å². The monoisotopic (exact) mass is 347 g/mol. The quantitative estimate of drug-likeness (QED) is 0.824. The van der Waals surface area contributed by atoms with Gasteiger partial charge in [-0.1, -0.05) is 20.8 Å². The number of hydrogen-bond acceptors (Lipinski definition) is 2. The van der Waals surface area contributed by atoms with Gasteiger partial charge in [-0.05, 0) is 42.4 Å². The summed E-state index contributed by atoms with van der Waals surface area (Å²) in [6.07, 6.45) is -0.265. The average molecular weight is 347 g/mol. The van der Waals surface area contributed by atoms with Crippen LogP contribution >= 0.6 is 0 Å². The van der Waals surface area contributed by atoms with Gasteiger partial charge in [0.05, 0.1) is 6.54 Å². The molecular formula is C17H28F3N3O. The van der Waals surface area contributed by atoms with E-state index in [0.29, 0.717) is 18.9 Å². The lowest BCUT2D eigenvalue weighted by Crippen LogP contribution is -2.52. The molecule has 0 spiro atoms. The average Bonchev–Trinajstić information content (AvgIpc) is 2.99. The number of alkyl halides is 3. The molecule has 138 valence electrons. The van der Waals surface area contributed by atoms with Crippen LogP contribution in [0.3, 0.4) is 0 Å². The molecule has 0 aromatic heterocycles. The Morgan fingerprint density at radius 3 is 2.46 bits per heavy atom. The number of carbonyl (C=O) groups is 1. The molecule has 0 aromatic rings. The number of likely N-dealkylation sites (tertiary alicyclic amines) is 1. The molecule has 0 radical (unpaired) electrons. The van der Waals surface area contributed by atoms with E-state index in [9.17, 15) is 18.0 Å². The summed E-state index contributed by atoms with van der Waals surface area (Å²) in [6, 6.07) is -0.283. The SMILES string of the molecule is CC1(C)C2CCC1(C)C(NC(=O)NC1CCN(CC(F)(F)F)C1)C2. The smallest absolute Gasteiger partial charge is 0.335 e. The van der Waals surface area contributed by atoms with Crippen LogP contribution in [0.5, 0.6) is 0 Å². The molecule has 3 fully saturated rings. The van der Waals surface area contributed by atoms with Crippen LogP contribution < -0.4 is 10.6 Å². The lowest BCUT2D eigenvalue weighted by atomic mass is 9.69. The van der Waals surface area contributed by atoms with Crippen molar-refractivity contribution in [1.82, 2.24) is 15.5 Å². The summed E-state index contributed by atoms with van der Waals surface area (Å²) in [5, 5.41) is 5.97. The fourth-order valence-corrected chi connectivity index (χ4v) is 5.15. The van der Waals surface area contributed by atoms with Crippen LogP contribution in [0.25, 0.3) is 0 Å². The van der Waals surface area contributed by atoms with Gasteiger partial charge >= 0.3 is 12.2 Å². The molecule has 2 aliphatic carbocycles. The fraction of sp³-hybridized carbons (Fsp3) is 0.941. The Labute approximate surface area is 141 Å². The maximum atomic E-state index is 12.4. The molecule has 1 saturated heterocycles. The van der Waals surface area contributed by atoms with Crippen LogP contribution in [0.15, 0.2) is 0 Å². The second kappa shape index (κ2) is 5.78. The highest BCUT2D eigenvalue weighted by molar-refractivity contribution is 5.75. The van der Waals surface area contributed by atoms with Crippen molar-refractivity contribution in [3.8, 4) is 0 Å². The molecule has 2 N–H and O–H groups in total. The van der Waals surface area contributed by atoms with E-state index < -0.39 is 12.7 Å². The summed E-state index contributed by atoms with van der Waals surface area (Å²) < 4.78 is 37.3. The number of hydrogen-bond donors (Lipinski definition) is 2. The van der Waals surface area contributed by atoms with Gasteiger partial charge in [-0.25, -0.2) is 4.79 Å². The third kappa shape index (κ3) is 3.11. The number of nitrogens with zero attached hydrogens (tertiary/aromatic N) is 1. The first-order chi connectivity index (χ1) is 11.0. The van der Waals surface area contributed by atoms with Crippen LogP contribution in [0.4, 0.5) is 18.0 Å². The highest BCUT2D eigenvalue weighted by atomic mass is 19.4. The van der Waals surface area contributed by atoms with Gasteiger partial charge < -0.3 is 10.6 Å². The first-order valence-electron chi connectivity index (χ1n) is 8.87. The molecule has 3 aliphatic rings. The van der Waals surface area contributed by atoms with Gasteiger partial charge in [0.2, 0.25) is 0 Å². The van der Waals surface area contributed by atoms with E-state index >= 15 is 0 Å². The molecule has 2 amide bonds. The Morgan fingerprint density at radius 1 is 1.21 bits per heavy atom. The van der Waals surface area contributed by atoms with Crippen LogP contribution in [-0.4, -0.2) is 48.8 Å². The van der Waals surface area contributed by atoms with Gasteiger partial charge in [-0.2, -0.15) is 13.2 Å². The molecule has 7 heteroatoms. The minimum atomic E-state index is -4.18. The molecule has 4 unspecified atom stereocenters. The highest BCUT2D eigenvalue weighted by Gasteiger charge is 2.61. The Bertz CT molecular complexity index is 508. The number of urea groups is 1. The molecule has 3 rings (SSSR count). The van der Waals surface area contributed by atoms with Crippen LogP contribution in [0.2, 0.25) is 0 Å². The van der Waals surface area contributed by atoms with Crippen molar-refractivity contribution in [2.75, 3.05) is 19.6 Å². The third-order valence-corrected chi connectivity index (χ3v) is 7.11. The normalized spacial score (nSPS) is 38.5. The maximum absolute atomic E-state index is 12.4. The first kappa shape index (κ1) is 17.8. The third-order valence-electron chi connectivity index (χ3n) is 7.11. The van der Waals surface area contributed by atoms with Crippen molar-refractivity contribution < 1.29 is 18.0 Å². The molecule has 1 aliphatic heterocycles. The predicted molar refractivity (Wildman–Crippen MR) is 85.6 cm³/mol. The Kier molecular flexibility index (Phi) is 4.30. The molecule has 4 atom stereocenters. The zero-order chi connectivity index (χ0) is 17.8. The second-order valence-corrected chi connectivity index (χ2v) is 8.62. The van der Waals surface area contributed by atoms with Gasteiger partial charge in [0.15, 0.2) is 0 Å². The summed E-state index contributed by atoms with van der Waals surface area (Å²) in [7, 11) is 0. The Balaban J connectivity index is 1.49. The zero-order valence-corrected chi connectivity index (χ0v) is 14.7. The minimum absolute atomic E-state index is 0.104. The van der Waals surface area contributed by atoms with Crippen molar-refractivity contribution in [2.24, 2.45) is 16.7 Å². The van der Waals surface area contributed by atoms with Gasteiger partial charge in [-0.15, -0.1) is 0 Å². The van der Waals surface area contributed by atoms with E-state index in [1.54, 1.807) is 0 Å². The standard InChI is InChI=1S/C17H28F3N3O/c1-15(2)11-4-6-16(15,3)13(8-11)22-14(24)21-12-5-7-23(9-12)10-17(18,19)20/h11-13H,4-10H2,1-3H3,(H2,21,22,24). The van der Waals surface area contributed by atoms with E-state index in [1.165, 1.54) is 11.3 Å². The van der Waals surface area contributed by atoms with E-state index in [4.69, 9.17) is 0 Å². The number of amides is 2. The van der Waals surface area contributed by atoms with E-state index in [-0.39, 0.29) is 35.5 Å². The molecule has 2 saturated carbocycles. The van der Waals surface area contributed by atoms with Gasteiger partial charge in [0.25, 0.3) is 0 Å². The van der Waals surface area contributed by atoms with Crippen molar-refractivity contribution >= 4 is 6.03 Å². The molecule has 24 heavy (non-hydrogen) atoms. The lowest BCUT2D eigenvalue weighted by molar-refractivity contribution is -0.143. The fourth-order valence-electron chi connectivity index (χ4n) is 5.15. The summed E-state index contributed by atoms with van der Waals surface area (Å²) in [6.45, 7) is 6.57. The number of rotatable bonds is 3. The van der Waals surface area contributed by atoms with E-state index in [2.05, 4.69) is 31.4 Å². The number of fused-ring (bicyclic) bond motifs is 2. The molecular weight excluding hydrogens is 319 g/mol. The van der Waals surface area contributed by atoms with Crippen molar-refractivity contribution in [2.45, 2.75) is 64.7 Å². The van der Waals surface area contributed by atoms with Crippen molar-refractivity contribution in [3.63, 3.8) is 0 Å². The molecule has 1 heterocycles. The predicted octanol–water partition coefficient (Wildman–Crippen LogP) is 3.14. The second-order valence-electron chi connectivity index (χ2n) is 8.62. The molecule has 2 bridgehead atoms. The molecule has 0 aromatic carbocycles. The van der Waals surface area contributed by atoms with Crippen LogP contribution in [0, 0.1) is 16.7 Å². The minimum Gasteiger partial charge on any atom is -0.335 e. The number of nitrogens with one attached hydrogen (secondary N) is 2. The lowest BCUT2D eigenvalue weighted by Gasteiger charge is -2.39. The van der Waals surface area contributed by atoms with Gasteiger partial charge in [0.1, 0.15) is 0 Å². The molecule has 4 nitrogen and oxygen atoms in total. The first-order valence-corrected chi connectivity index (χ1v) is 8.87. The maximum Gasteiger partial charge on any atom is 0.401 e. The summed E-state index contributed by atoms with van der Waals surface area (Å²) in [4.78, 5) is 13.7. The highest BCUT2D eigenvalue weighted by Crippen LogP contribution is 2.65. The van der Waals surface area contributed by atoms with E-state index in [1.807, 2.05) is 0 Å². The number of halogens is 3. The summed E-state index contributed by atoms with van der Waals surface area (Å²) >= 11 is 0. The van der Waals surface area contributed by atoms with Crippen molar-refractivity contribution in [3.05, 3.63) is 0 Å². The summed E-state index contributed by atoms with van der Waals surface area (Å²) in [5.41, 5.74) is 0.328. The topological polar surface area (TPSA) is 44.4 Å². The summed E-state index contributed by atoms with van der Waals surface area (Å²) in [5.74, 6) is 0.640. The Hall–Kier alpha value is -0.980. The Morgan fingerprint density at radius 2 is 1.92 bits per heavy atom. The zero-order valence-electron chi connectivity index (χ0n) is 14.7. The van der Waals surface area contributed by atoms with Gasteiger partial charge in [-0.3, -0.25) is 4.90 Å². The van der Waals surface area contributed by atoms with E-state index in [0.717, 1.165) is 12.8 Å². The van der Waals surface area contributed by atoms with Crippen molar-refractivity contribution in [1.29, 1.82) is 0 Å². The van der Waals surface area contributed by atoms with Gasteiger partial charge in [0, 0.05) is 25.2 Å². The number of carbonyl (C=O) groups excluding carboxylic acids is 1.